The molecule has 0 unspecified atom stereocenters. The highest BCUT2D eigenvalue weighted by molar-refractivity contribution is 5.88. The molecular formula is C16H24N2. The number of hydrogen-bond donors (Lipinski definition) is 1. The van der Waals surface area contributed by atoms with Crippen molar-refractivity contribution in [2.24, 2.45) is 22.9 Å². The average molecular weight is 244 g/mol. The summed E-state index contributed by atoms with van der Waals surface area (Å²) in [5.74, 6) is 2.11. The minimum atomic E-state index is 0.650. The molecule has 2 atom stereocenters. The Bertz CT molecular complexity index is 395. The fraction of sp³-hybridized carbons (Fsp3) is 0.562. The van der Waals surface area contributed by atoms with Crippen LogP contribution < -0.4 is 5.43 Å². The first kappa shape index (κ1) is 13.1. The van der Waals surface area contributed by atoms with Crippen LogP contribution in [0, 0.1) is 17.8 Å². The third kappa shape index (κ3) is 3.34. The van der Waals surface area contributed by atoms with E-state index < -0.39 is 0 Å². The second-order valence-electron chi connectivity index (χ2n) is 5.82. The standard InChI is InChI=1S/C16H24N2/c1-12(2)15-10-9-13(3)11-16(15)18-17-14-7-5-4-6-8-14/h4-8,12-13,15,17H,9-11H2,1-3H3/b18-16+/t13-,15+/m0/s1. The Balaban J connectivity index is 2.07. The van der Waals surface area contributed by atoms with Crippen LogP contribution in [0.15, 0.2) is 35.4 Å². The van der Waals surface area contributed by atoms with E-state index in [9.17, 15) is 0 Å². The summed E-state index contributed by atoms with van der Waals surface area (Å²) in [6.07, 6.45) is 3.77. The van der Waals surface area contributed by atoms with Crippen LogP contribution in [-0.4, -0.2) is 5.71 Å². The fourth-order valence-corrected chi connectivity index (χ4v) is 2.74. The van der Waals surface area contributed by atoms with Crippen molar-refractivity contribution in [1.29, 1.82) is 0 Å². The molecule has 2 heteroatoms. The molecule has 98 valence electrons. The van der Waals surface area contributed by atoms with Crippen LogP contribution in [-0.2, 0) is 0 Å². The summed E-state index contributed by atoms with van der Waals surface area (Å²) in [6.45, 7) is 6.94. The minimum Gasteiger partial charge on any atom is -0.279 e. The van der Waals surface area contributed by atoms with Gasteiger partial charge >= 0.3 is 0 Å². The zero-order valence-electron chi connectivity index (χ0n) is 11.7. The Morgan fingerprint density at radius 1 is 1.17 bits per heavy atom. The third-order valence-electron chi connectivity index (χ3n) is 3.86. The van der Waals surface area contributed by atoms with Gasteiger partial charge in [0, 0.05) is 11.6 Å². The van der Waals surface area contributed by atoms with Crippen molar-refractivity contribution >= 4 is 11.4 Å². The molecule has 1 saturated carbocycles. The Kier molecular flexibility index (Phi) is 4.40. The molecule has 0 bridgehead atoms. The molecule has 2 rings (SSSR count). The van der Waals surface area contributed by atoms with E-state index in [1.165, 1.54) is 18.6 Å². The van der Waals surface area contributed by atoms with Gasteiger partial charge in [-0.2, -0.15) is 5.10 Å². The molecule has 0 heterocycles. The highest BCUT2D eigenvalue weighted by Gasteiger charge is 2.26. The minimum absolute atomic E-state index is 0.650. The van der Waals surface area contributed by atoms with Gasteiger partial charge in [-0.15, -0.1) is 0 Å². The van der Waals surface area contributed by atoms with E-state index in [0.717, 1.165) is 18.0 Å². The van der Waals surface area contributed by atoms with Crippen LogP contribution in [0.5, 0.6) is 0 Å². The third-order valence-corrected chi connectivity index (χ3v) is 3.86. The number of hydrazone groups is 1. The average Bonchev–Trinajstić information content (AvgIpc) is 2.37. The smallest absolute Gasteiger partial charge is 0.0561 e. The monoisotopic (exact) mass is 244 g/mol. The highest BCUT2D eigenvalue weighted by atomic mass is 15.3. The van der Waals surface area contributed by atoms with E-state index in [4.69, 9.17) is 0 Å². The van der Waals surface area contributed by atoms with Crippen molar-refractivity contribution in [3.8, 4) is 0 Å². The number of nitrogens with one attached hydrogen (secondary N) is 1. The lowest BCUT2D eigenvalue weighted by molar-refractivity contribution is 0.364. The van der Waals surface area contributed by atoms with Crippen molar-refractivity contribution in [3.63, 3.8) is 0 Å². The Hall–Kier alpha value is -1.31. The molecular weight excluding hydrogens is 220 g/mol. The van der Waals surface area contributed by atoms with Crippen molar-refractivity contribution in [3.05, 3.63) is 30.3 Å². The maximum Gasteiger partial charge on any atom is 0.0561 e. The first-order valence-corrected chi connectivity index (χ1v) is 7.04. The topological polar surface area (TPSA) is 24.4 Å². The Morgan fingerprint density at radius 3 is 2.56 bits per heavy atom. The van der Waals surface area contributed by atoms with Gasteiger partial charge in [-0.25, -0.2) is 0 Å². The zero-order valence-corrected chi connectivity index (χ0v) is 11.7. The summed E-state index contributed by atoms with van der Waals surface area (Å²) in [5.41, 5.74) is 5.64. The molecule has 0 saturated heterocycles. The molecule has 1 fully saturated rings. The summed E-state index contributed by atoms with van der Waals surface area (Å²) in [6, 6.07) is 10.2. The molecule has 1 aliphatic carbocycles. The molecule has 1 N–H and O–H groups in total. The fourth-order valence-electron chi connectivity index (χ4n) is 2.74. The molecule has 0 aliphatic heterocycles. The SMILES string of the molecule is CC(C)[C@H]1CC[C@H](C)C/C1=N\Nc1ccccc1. The van der Waals surface area contributed by atoms with Crippen LogP contribution in [0.3, 0.4) is 0 Å². The lowest BCUT2D eigenvalue weighted by atomic mass is 9.76. The molecule has 1 aliphatic rings. The largest absolute Gasteiger partial charge is 0.279 e. The number of hydrogen-bond acceptors (Lipinski definition) is 2. The predicted molar refractivity (Wildman–Crippen MR) is 78.8 cm³/mol. The molecule has 0 radical (unpaired) electrons. The van der Waals surface area contributed by atoms with Gasteiger partial charge < -0.3 is 0 Å². The van der Waals surface area contributed by atoms with Crippen LogP contribution in [0.4, 0.5) is 5.69 Å². The van der Waals surface area contributed by atoms with Crippen LogP contribution in [0.2, 0.25) is 0 Å². The van der Waals surface area contributed by atoms with Gasteiger partial charge in [0.15, 0.2) is 0 Å². The van der Waals surface area contributed by atoms with Gasteiger partial charge in [-0.05, 0) is 43.2 Å². The van der Waals surface area contributed by atoms with Crippen molar-refractivity contribution in [1.82, 2.24) is 0 Å². The molecule has 1 aromatic carbocycles. The van der Waals surface area contributed by atoms with Gasteiger partial charge in [0.25, 0.3) is 0 Å². The molecule has 18 heavy (non-hydrogen) atoms. The van der Waals surface area contributed by atoms with E-state index in [1.54, 1.807) is 0 Å². The first-order chi connectivity index (χ1) is 8.66. The normalized spacial score (nSPS) is 26.6. The highest BCUT2D eigenvalue weighted by Crippen LogP contribution is 2.31. The summed E-state index contributed by atoms with van der Waals surface area (Å²) in [7, 11) is 0. The number of para-hydroxylation sites is 1. The van der Waals surface area contributed by atoms with E-state index in [0.29, 0.717) is 11.8 Å². The van der Waals surface area contributed by atoms with Gasteiger partial charge in [0.05, 0.1) is 5.69 Å². The molecule has 0 aromatic heterocycles. The predicted octanol–water partition coefficient (Wildman–Crippen LogP) is 4.55. The van der Waals surface area contributed by atoms with Crippen LogP contribution >= 0.6 is 0 Å². The number of rotatable bonds is 3. The van der Waals surface area contributed by atoms with E-state index in [1.807, 2.05) is 18.2 Å². The Labute approximate surface area is 110 Å². The van der Waals surface area contributed by atoms with Crippen LogP contribution in [0.25, 0.3) is 0 Å². The Morgan fingerprint density at radius 2 is 1.89 bits per heavy atom. The lowest BCUT2D eigenvalue weighted by Crippen LogP contribution is -2.28. The maximum atomic E-state index is 4.67. The first-order valence-electron chi connectivity index (χ1n) is 7.04. The summed E-state index contributed by atoms with van der Waals surface area (Å²) >= 11 is 0. The molecule has 1 aromatic rings. The summed E-state index contributed by atoms with van der Waals surface area (Å²) in [4.78, 5) is 0. The van der Waals surface area contributed by atoms with Gasteiger partial charge in [-0.1, -0.05) is 39.0 Å². The molecule has 0 amide bonds. The van der Waals surface area contributed by atoms with Gasteiger partial charge in [0.1, 0.15) is 0 Å². The number of benzene rings is 1. The van der Waals surface area contributed by atoms with Crippen molar-refractivity contribution in [2.45, 2.75) is 40.0 Å². The van der Waals surface area contributed by atoms with E-state index >= 15 is 0 Å². The second kappa shape index (κ2) is 6.03. The van der Waals surface area contributed by atoms with Gasteiger partial charge in [0.2, 0.25) is 0 Å². The number of anilines is 1. The second-order valence-corrected chi connectivity index (χ2v) is 5.82. The molecule has 2 nitrogen and oxygen atoms in total. The van der Waals surface area contributed by atoms with Gasteiger partial charge in [-0.3, -0.25) is 5.43 Å². The van der Waals surface area contributed by atoms with Crippen LogP contribution in [0.1, 0.15) is 40.0 Å². The number of nitrogens with zero attached hydrogens (tertiary/aromatic N) is 1. The summed E-state index contributed by atoms with van der Waals surface area (Å²) in [5, 5.41) is 4.67. The maximum absolute atomic E-state index is 4.67. The van der Waals surface area contributed by atoms with E-state index in [-0.39, 0.29) is 0 Å². The molecule has 0 spiro atoms. The zero-order chi connectivity index (χ0) is 13.0. The van der Waals surface area contributed by atoms with E-state index in [2.05, 4.69) is 43.4 Å². The van der Waals surface area contributed by atoms with Crippen molar-refractivity contribution < 1.29 is 0 Å². The lowest BCUT2D eigenvalue weighted by Gasteiger charge is -2.30. The summed E-state index contributed by atoms with van der Waals surface area (Å²) < 4.78 is 0. The quantitative estimate of drug-likeness (QED) is 0.775. The van der Waals surface area contributed by atoms with Crippen molar-refractivity contribution in [2.75, 3.05) is 5.43 Å².